The highest BCUT2D eigenvalue weighted by Gasteiger charge is 2.22. The van der Waals surface area contributed by atoms with Crippen LogP contribution in [-0.2, 0) is 15.4 Å². The molecule has 7 nitrogen and oxygen atoms in total. The van der Waals surface area contributed by atoms with Crippen LogP contribution in [-0.4, -0.2) is 46.5 Å². The number of nitrogens with zero attached hydrogens (tertiary/aromatic N) is 1. The van der Waals surface area contributed by atoms with Gasteiger partial charge >= 0.3 is 0 Å². The van der Waals surface area contributed by atoms with Crippen molar-refractivity contribution >= 4 is 27.3 Å². The number of amides is 1. The molecule has 0 spiro atoms. The van der Waals surface area contributed by atoms with E-state index < -0.39 is 10.0 Å². The lowest BCUT2D eigenvalue weighted by molar-refractivity contribution is 0.0939. The third-order valence-corrected chi connectivity index (χ3v) is 7.36. The van der Waals surface area contributed by atoms with E-state index in [2.05, 4.69) is 41.0 Å². The van der Waals surface area contributed by atoms with Crippen LogP contribution in [0, 0.1) is 0 Å². The van der Waals surface area contributed by atoms with Gasteiger partial charge in [-0.1, -0.05) is 39.8 Å². The van der Waals surface area contributed by atoms with Crippen LogP contribution in [0.3, 0.4) is 0 Å². The Labute approximate surface area is 198 Å². The van der Waals surface area contributed by atoms with E-state index in [0.717, 1.165) is 43.9 Å². The number of hydrogen-bond acceptors (Lipinski definition) is 5. The Kier molecular flexibility index (Phi) is 7.69. The average Bonchev–Trinajstić information content (AvgIpc) is 2.78. The van der Waals surface area contributed by atoms with Crippen molar-refractivity contribution in [3.63, 3.8) is 0 Å². The van der Waals surface area contributed by atoms with Gasteiger partial charge in [-0.25, -0.2) is 8.42 Å². The van der Waals surface area contributed by atoms with E-state index in [0.29, 0.717) is 11.3 Å². The first kappa shape index (κ1) is 25.1. The van der Waals surface area contributed by atoms with Gasteiger partial charge in [-0.15, -0.1) is 0 Å². The fraction of sp³-hybridized carbons (Fsp3) is 0.480. The Morgan fingerprint density at radius 3 is 2.30 bits per heavy atom. The van der Waals surface area contributed by atoms with Gasteiger partial charge in [-0.05, 0) is 54.7 Å². The number of rotatable bonds is 7. The highest BCUT2D eigenvalue weighted by molar-refractivity contribution is 7.92. The van der Waals surface area contributed by atoms with Crippen molar-refractivity contribution in [3.05, 3.63) is 53.6 Å². The van der Waals surface area contributed by atoms with E-state index in [4.69, 9.17) is 0 Å². The van der Waals surface area contributed by atoms with Crippen LogP contribution in [0.2, 0.25) is 0 Å². The highest BCUT2D eigenvalue weighted by Crippen LogP contribution is 2.31. The predicted octanol–water partition coefficient (Wildman–Crippen LogP) is 3.72. The zero-order valence-corrected chi connectivity index (χ0v) is 21.1. The molecule has 33 heavy (non-hydrogen) atoms. The van der Waals surface area contributed by atoms with Crippen LogP contribution >= 0.6 is 0 Å². The lowest BCUT2D eigenvalue weighted by Crippen LogP contribution is -2.43. The van der Waals surface area contributed by atoms with Crippen LogP contribution in [0.25, 0.3) is 0 Å². The standard InChI is InChI=1S/C25H36N4O3S/c1-6-18(2)27-24(30)19-7-12-23(29-15-13-26-14-16-29)22(17-19)28-33(31,32)21-10-8-20(9-11-21)25(3,4)5/h7-12,17-18,26,28H,6,13-16H2,1-5H3,(H,27,30)/t18-/m1/s1. The summed E-state index contributed by atoms with van der Waals surface area (Å²) in [6.45, 7) is 13.4. The predicted molar refractivity (Wildman–Crippen MR) is 135 cm³/mol. The maximum atomic E-state index is 13.3. The van der Waals surface area contributed by atoms with E-state index in [1.54, 1.807) is 24.3 Å². The zero-order valence-electron chi connectivity index (χ0n) is 20.2. The summed E-state index contributed by atoms with van der Waals surface area (Å²) in [5.74, 6) is -0.216. The second-order valence-corrected chi connectivity index (χ2v) is 11.3. The summed E-state index contributed by atoms with van der Waals surface area (Å²) in [5, 5.41) is 6.26. The monoisotopic (exact) mass is 472 g/mol. The molecule has 1 aliphatic heterocycles. The van der Waals surface area contributed by atoms with Crippen molar-refractivity contribution in [1.82, 2.24) is 10.6 Å². The number of carbonyl (C=O) groups is 1. The normalized spacial score (nSPS) is 15.7. The Balaban J connectivity index is 1.95. The number of carbonyl (C=O) groups excluding carboxylic acids is 1. The largest absolute Gasteiger partial charge is 0.367 e. The second-order valence-electron chi connectivity index (χ2n) is 9.63. The first-order valence-corrected chi connectivity index (χ1v) is 13.0. The molecule has 1 fully saturated rings. The van der Waals surface area contributed by atoms with Gasteiger partial charge in [-0.2, -0.15) is 0 Å². The minimum Gasteiger partial charge on any atom is -0.367 e. The van der Waals surface area contributed by atoms with Crippen molar-refractivity contribution in [2.45, 2.75) is 57.4 Å². The van der Waals surface area contributed by atoms with Gasteiger partial charge in [0.1, 0.15) is 0 Å². The molecule has 0 aliphatic carbocycles. The van der Waals surface area contributed by atoms with Gasteiger partial charge in [0.2, 0.25) is 0 Å². The zero-order chi connectivity index (χ0) is 24.2. The summed E-state index contributed by atoms with van der Waals surface area (Å²) >= 11 is 0. The number of benzene rings is 2. The molecular formula is C25H36N4O3S. The van der Waals surface area contributed by atoms with Crippen molar-refractivity contribution in [2.75, 3.05) is 35.8 Å². The molecule has 1 aliphatic rings. The molecule has 0 bridgehead atoms. The molecule has 180 valence electrons. The molecule has 0 radical (unpaired) electrons. The fourth-order valence-corrected chi connectivity index (χ4v) is 4.75. The van der Waals surface area contributed by atoms with Crippen molar-refractivity contribution in [1.29, 1.82) is 0 Å². The molecule has 1 amide bonds. The van der Waals surface area contributed by atoms with Gasteiger partial charge in [-0.3, -0.25) is 9.52 Å². The SMILES string of the molecule is CC[C@@H](C)NC(=O)c1ccc(N2CCNCC2)c(NS(=O)(=O)c2ccc(C(C)(C)C)cc2)c1. The van der Waals surface area contributed by atoms with Crippen molar-refractivity contribution in [2.24, 2.45) is 0 Å². The lowest BCUT2D eigenvalue weighted by atomic mass is 9.87. The molecule has 8 heteroatoms. The van der Waals surface area contributed by atoms with Gasteiger partial charge < -0.3 is 15.5 Å². The van der Waals surface area contributed by atoms with E-state index >= 15 is 0 Å². The number of piperazine rings is 1. The van der Waals surface area contributed by atoms with Crippen LogP contribution < -0.4 is 20.3 Å². The molecule has 2 aromatic carbocycles. The van der Waals surface area contributed by atoms with E-state index in [1.807, 2.05) is 32.0 Å². The molecule has 0 unspecified atom stereocenters. The lowest BCUT2D eigenvalue weighted by Gasteiger charge is -2.31. The fourth-order valence-electron chi connectivity index (χ4n) is 3.69. The van der Waals surface area contributed by atoms with Gasteiger partial charge in [0.15, 0.2) is 0 Å². The minimum atomic E-state index is -3.83. The van der Waals surface area contributed by atoms with Crippen LogP contribution in [0.15, 0.2) is 47.4 Å². The number of sulfonamides is 1. The molecule has 1 saturated heterocycles. The smallest absolute Gasteiger partial charge is 0.261 e. The number of anilines is 2. The summed E-state index contributed by atoms with van der Waals surface area (Å²) in [5.41, 5.74) is 2.60. The molecule has 3 rings (SSSR count). The average molecular weight is 473 g/mol. The maximum absolute atomic E-state index is 13.3. The van der Waals surface area contributed by atoms with Crippen molar-refractivity contribution < 1.29 is 13.2 Å². The third kappa shape index (κ3) is 6.26. The maximum Gasteiger partial charge on any atom is 0.261 e. The summed E-state index contributed by atoms with van der Waals surface area (Å²) in [6, 6.07) is 12.2. The Hall–Kier alpha value is -2.58. The Bertz CT molecular complexity index is 1070. The van der Waals surface area contributed by atoms with Gasteiger partial charge in [0, 0.05) is 37.8 Å². The van der Waals surface area contributed by atoms with Crippen molar-refractivity contribution in [3.8, 4) is 0 Å². The second kappa shape index (κ2) is 10.1. The van der Waals surface area contributed by atoms with E-state index in [-0.39, 0.29) is 22.3 Å². The van der Waals surface area contributed by atoms with Crippen LogP contribution in [0.5, 0.6) is 0 Å². The molecule has 3 N–H and O–H groups in total. The van der Waals surface area contributed by atoms with Crippen LogP contribution in [0.1, 0.15) is 57.0 Å². The summed E-state index contributed by atoms with van der Waals surface area (Å²) < 4.78 is 29.3. The topological polar surface area (TPSA) is 90.5 Å². The Morgan fingerprint density at radius 1 is 1.09 bits per heavy atom. The molecule has 1 atom stereocenters. The first-order chi connectivity index (χ1) is 15.5. The quantitative estimate of drug-likeness (QED) is 0.571. The summed E-state index contributed by atoms with van der Waals surface area (Å²) in [6.07, 6.45) is 0.814. The molecule has 0 saturated carbocycles. The van der Waals surface area contributed by atoms with Crippen LogP contribution in [0.4, 0.5) is 11.4 Å². The molecule has 0 aromatic heterocycles. The number of hydrogen-bond donors (Lipinski definition) is 3. The summed E-state index contributed by atoms with van der Waals surface area (Å²) in [7, 11) is -3.83. The Morgan fingerprint density at radius 2 is 1.73 bits per heavy atom. The molecular weight excluding hydrogens is 436 g/mol. The van der Waals surface area contributed by atoms with Gasteiger partial charge in [0.05, 0.1) is 16.3 Å². The van der Waals surface area contributed by atoms with E-state index in [9.17, 15) is 13.2 Å². The van der Waals surface area contributed by atoms with Gasteiger partial charge in [0.25, 0.3) is 15.9 Å². The first-order valence-electron chi connectivity index (χ1n) is 11.5. The van der Waals surface area contributed by atoms with E-state index in [1.165, 1.54) is 0 Å². The third-order valence-electron chi connectivity index (χ3n) is 5.98. The number of nitrogens with one attached hydrogen (secondary N) is 3. The summed E-state index contributed by atoms with van der Waals surface area (Å²) in [4.78, 5) is 15.0. The molecule has 2 aromatic rings. The highest BCUT2D eigenvalue weighted by atomic mass is 32.2. The minimum absolute atomic E-state index is 0.0341. The molecule has 1 heterocycles.